The van der Waals surface area contributed by atoms with E-state index in [-0.39, 0.29) is 6.10 Å². The predicted octanol–water partition coefficient (Wildman–Crippen LogP) is 3.12. The van der Waals surface area contributed by atoms with Gasteiger partial charge in [0, 0.05) is 17.9 Å². The Bertz CT molecular complexity index is 367. The van der Waals surface area contributed by atoms with Crippen LogP contribution in [0.15, 0.2) is 24.3 Å². The van der Waals surface area contributed by atoms with Crippen molar-refractivity contribution in [2.45, 2.75) is 37.9 Å². The molecule has 1 aromatic rings. The fourth-order valence-corrected chi connectivity index (χ4v) is 2.42. The van der Waals surface area contributed by atoms with E-state index >= 15 is 0 Å². The molecule has 2 rings (SSSR count). The molecule has 1 fully saturated rings. The number of ether oxygens (including phenoxy) is 1. The molecular weight excluding hydrogens is 224 g/mol. The van der Waals surface area contributed by atoms with Gasteiger partial charge in [-0.05, 0) is 24.1 Å². The van der Waals surface area contributed by atoms with Gasteiger partial charge in [-0.2, -0.15) is 0 Å². The van der Waals surface area contributed by atoms with Gasteiger partial charge in [-0.3, -0.25) is 0 Å². The fourth-order valence-electron chi connectivity index (χ4n) is 2.23. The lowest BCUT2D eigenvalue weighted by Crippen LogP contribution is -2.38. The molecule has 0 aromatic heterocycles. The molecule has 0 saturated carbocycles. The monoisotopic (exact) mass is 240 g/mol. The number of benzene rings is 1. The molecule has 2 unspecified atom stereocenters. The van der Waals surface area contributed by atoms with Crippen LogP contribution in [-0.2, 0) is 10.3 Å². The smallest absolute Gasteiger partial charge is 0.0943 e. The van der Waals surface area contributed by atoms with E-state index in [1.165, 1.54) is 0 Å². The maximum atomic E-state index is 10.6. The Morgan fingerprint density at radius 2 is 2.38 bits per heavy atom. The zero-order valence-electron chi connectivity index (χ0n) is 9.45. The first-order valence-corrected chi connectivity index (χ1v) is 6.12. The first-order chi connectivity index (χ1) is 7.64. The van der Waals surface area contributed by atoms with Crippen LogP contribution in [0.2, 0.25) is 5.02 Å². The summed E-state index contributed by atoms with van der Waals surface area (Å²) < 4.78 is 5.58. The van der Waals surface area contributed by atoms with Gasteiger partial charge in [0.1, 0.15) is 0 Å². The minimum atomic E-state index is -0.774. The Balaban J connectivity index is 2.23. The highest BCUT2D eigenvalue weighted by Gasteiger charge is 2.35. The van der Waals surface area contributed by atoms with Crippen LogP contribution in [0.1, 0.15) is 31.7 Å². The molecule has 0 aliphatic carbocycles. The molecule has 1 heterocycles. The molecular formula is C13H17ClO2. The SMILES string of the molecule is CCC1CC(O)(c2cccc(Cl)c2)CCO1. The number of hydrogen-bond acceptors (Lipinski definition) is 2. The van der Waals surface area contributed by atoms with Gasteiger partial charge in [0.25, 0.3) is 0 Å². The summed E-state index contributed by atoms with van der Waals surface area (Å²) in [6.07, 6.45) is 2.38. The van der Waals surface area contributed by atoms with Crippen LogP contribution in [-0.4, -0.2) is 17.8 Å². The molecule has 16 heavy (non-hydrogen) atoms. The first-order valence-electron chi connectivity index (χ1n) is 5.74. The van der Waals surface area contributed by atoms with Gasteiger partial charge in [0.05, 0.1) is 18.3 Å². The third-order valence-electron chi connectivity index (χ3n) is 3.25. The van der Waals surface area contributed by atoms with Crippen LogP contribution in [0, 0.1) is 0 Å². The number of rotatable bonds is 2. The average molecular weight is 241 g/mol. The Hall–Kier alpha value is -0.570. The predicted molar refractivity (Wildman–Crippen MR) is 64.6 cm³/mol. The van der Waals surface area contributed by atoms with Crippen LogP contribution in [0.3, 0.4) is 0 Å². The van der Waals surface area contributed by atoms with E-state index in [0.717, 1.165) is 12.0 Å². The summed E-state index contributed by atoms with van der Waals surface area (Å²) in [5, 5.41) is 11.3. The summed E-state index contributed by atoms with van der Waals surface area (Å²) in [7, 11) is 0. The summed E-state index contributed by atoms with van der Waals surface area (Å²) in [5.41, 5.74) is 0.130. The molecule has 1 saturated heterocycles. The zero-order valence-corrected chi connectivity index (χ0v) is 10.2. The summed E-state index contributed by atoms with van der Waals surface area (Å²) in [5.74, 6) is 0. The van der Waals surface area contributed by atoms with Crippen LogP contribution < -0.4 is 0 Å². The van der Waals surface area contributed by atoms with Crippen molar-refractivity contribution < 1.29 is 9.84 Å². The zero-order chi connectivity index (χ0) is 11.6. The van der Waals surface area contributed by atoms with Gasteiger partial charge >= 0.3 is 0 Å². The quantitative estimate of drug-likeness (QED) is 0.861. The van der Waals surface area contributed by atoms with E-state index in [1.807, 2.05) is 24.3 Å². The molecule has 88 valence electrons. The van der Waals surface area contributed by atoms with Crippen molar-refractivity contribution in [3.8, 4) is 0 Å². The highest BCUT2D eigenvalue weighted by Crippen LogP contribution is 2.36. The highest BCUT2D eigenvalue weighted by atomic mass is 35.5. The van der Waals surface area contributed by atoms with Crippen molar-refractivity contribution in [3.63, 3.8) is 0 Å². The number of halogens is 1. The first kappa shape index (κ1) is 11.9. The Labute approximate surface area is 101 Å². The molecule has 0 bridgehead atoms. The lowest BCUT2D eigenvalue weighted by atomic mass is 9.83. The summed E-state index contributed by atoms with van der Waals surface area (Å²) >= 11 is 5.95. The van der Waals surface area contributed by atoms with E-state index in [2.05, 4.69) is 6.92 Å². The van der Waals surface area contributed by atoms with E-state index < -0.39 is 5.60 Å². The van der Waals surface area contributed by atoms with E-state index in [1.54, 1.807) is 0 Å². The van der Waals surface area contributed by atoms with Gasteiger partial charge < -0.3 is 9.84 Å². The van der Waals surface area contributed by atoms with Crippen LogP contribution >= 0.6 is 11.6 Å². The Morgan fingerprint density at radius 1 is 1.56 bits per heavy atom. The van der Waals surface area contributed by atoms with Gasteiger partial charge in [-0.1, -0.05) is 30.7 Å². The number of hydrogen-bond donors (Lipinski definition) is 1. The van der Waals surface area contributed by atoms with Crippen molar-refractivity contribution in [1.82, 2.24) is 0 Å². The van der Waals surface area contributed by atoms with Crippen molar-refractivity contribution in [2.24, 2.45) is 0 Å². The molecule has 0 radical (unpaired) electrons. The molecule has 0 spiro atoms. The van der Waals surface area contributed by atoms with E-state index in [0.29, 0.717) is 24.5 Å². The van der Waals surface area contributed by atoms with Crippen molar-refractivity contribution in [2.75, 3.05) is 6.61 Å². The largest absolute Gasteiger partial charge is 0.385 e. The van der Waals surface area contributed by atoms with Gasteiger partial charge in [0.15, 0.2) is 0 Å². The van der Waals surface area contributed by atoms with Gasteiger partial charge in [0.2, 0.25) is 0 Å². The fraction of sp³-hybridized carbons (Fsp3) is 0.538. The third kappa shape index (κ3) is 2.40. The maximum Gasteiger partial charge on any atom is 0.0943 e. The molecule has 1 N–H and O–H groups in total. The summed E-state index contributed by atoms with van der Waals surface area (Å²) in [6, 6.07) is 7.49. The lowest BCUT2D eigenvalue weighted by Gasteiger charge is -2.37. The second-order valence-electron chi connectivity index (χ2n) is 4.40. The standard InChI is InChI=1S/C13H17ClO2/c1-2-12-9-13(15,6-7-16-12)10-4-3-5-11(14)8-10/h3-5,8,12,15H,2,6-7,9H2,1H3. The maximum absolute atomic E-state index is 10.6. The molecule has 2 atom stereocenters. The summed E-state index contributed by atoms with van der Waals surface area (Å²) in [4.78, 5) is 0. The second-order valence-corrected chi connectivity index (χ2v) is 4.83. The van der Waals surface area contributed by atoms with Crippen molar-refractivity contribution in [1.29, 1.82) is 0 Å². The lowest BCUT2D eigenvalue weighted by molar-refractivity contribution is -0.108. The minimum Gasteiger partial charge on any atom is -0.385 e. The van der Waals surface area contributed by atoms with Gasteiger partial charge in [-0.15, -0.1) is 0 Å². The Kier molecular flexibility index (Phi) is 3.53. The Morgan fingerprint density at radius 3 is 3.06 bits per heavy atom. The summed E-state index contributed by atoms with van der Waals surface area (Å²) in [6.45, 7) is 2.69. The van der Waals surface area contributed by atoms with Crippen LogP contribution in [0.25, 0.3) is 0 Å². The van der Waals surface area contributed by atoms with E-state index in [9.17, 15) is 5.11 Å². The molecule has 1 aromatic carbocycles. The molecule has 2 nitrogen and oxygen atoms in total. The highest BCUT2D eigenvalue weighted by molar-refractivity contribution is 6.30. The van der Waals surface area contributed by atoms with Gasteiger partial charge in [-0.25, -0.2) is 0 Å². The van der Waals surface area contributed by atoms with Crippen molar-refractivity contribution >= 4 is 11.6 Å². The molecule has 1 aliphatic heterocycles. The van der Waals surface area contributed by atoms with E-state index in [4.69, 9.17) is 16.3 Å². The van der Waals surface area contributed by atoms with Crippen LogP contribution in [0.4, 0.5) is 0 Å². The molecule has 1 aliphatic rings. The van der Waals surface area contributed by atoms with Crippen LogP contribution in [0.5, 0.6) is 0 Å². The average Bonchev–Trinajstić information content (AvgIpc) is 2.29. The minimum absolute atomic E-state index is 0.151. The second kappa shape index (κ2) is 4.74. The van der Waals surface area contributed by atoms with Crippen molar-refractivity contribution in [3.05, 3.63) is 34.9 Å². The third-order valence-corrected chi connectivity index (χ3v) is 3.49. The normalized spacial score (nSPS) is 30.3. The topological polar surface area (TPSA) is 29.5 Å². The number of aliphatic hydroxyl groups is 1. The molecule has 3 heteroatoms. The molecule has 0 amide bonds.